The molecule has 0 saturated carbocycles. The molecule has 0 spiro atoms. The standard InChI is InChI=1S/C32H33ClN6O4/c1-19(34-14-4-5-15-35-32(42)22-8-13-28(40)29(41)17-22)16-26-31-38-37-20(2)39(31)27-12-11-24(43-3)18-25(27)30(36-26)21-6-9-23(33)10-7-21/h6-13,17-18,26,34,40-41H,1,4-5,14-16H2,2-3H3,(H,35,42)/t26-/m0/s1. The number of aryl methyl sites for hydroxylation is 1. The number of carbonyl (C=O) groups is 1. The van der Waals surface area contributed by atoms with Crippen LogP contribution in [-0.4, -0.2) is 56.8 Å². The highest BCUT2D eigenvalue weighted by atomic mass is 35.5. The second-order valence-electron chi connectivity index (χ2n) is 10.2. The number of unbranched alkanes of at least 4 members (excludes halogenated alkanes) is 1. The van der Waals surface area contributed by atoms with Gasteiger partial charge in [0.2, 0.25) is 0 Å². The van der Waals surface area contributed by atoms with Crippen molar-refractivity contribution in [2.75, 3.05) is 20.2 Å². The third-order valence-corrected chi connectivity index (χ3v) is 7.44. The maximum absolute atomic E-state index is 12.3. The number of hydrogen-bond donors (Lipinski definition) is 4. The van der Waals surface area contributed by atoms with Crippen molar-refractivity contribution >= 4 is 23.2 Å². The summed E-state index contributed by atoms with van der Waals surface area (Å²) >= 11 is 6.20. The minimum Gasteiger partial charge on any atom is -0.504 e. The third-order valence-electron chi connectivity index (χ3n) is 7.19. The van der Waals surface area contributed by atoms with E-state index in [2.05, 4.69) is 27.4 Å². The molecular formula is C32H33ClN6O4. The van der Waals surface area contributed by atoms with Gasteiger partial charge in [0.15, 0.2) is 17.3 Å². The normalized spacial score (nSPS) is 13.7. The van der Waals surface area contributed by atoms with E-state index in [4.69, 9.17) is 21.3 Å². The van der Waals surface area contributed by atoms with E-state index in [0.29, 0.717) is 24.5 Å². The SMILES string of the molecule is C=C(C[C@@H]1N=C(c2ccc(Cl)cc2)c2cc(OC)ccc2-n2c(C)nnc21)NCCCCNC(=O)c1ccc(O)c(O)c1. The van der Waals surface area contributed by atoms with Gasteiger partial charge in [-0.1, -0.05) is 30.3 Å². The molecule has 43 heavy (non-hydrogen) atoms. The van der Waals surface area contributed by atoms with E-state index in [1.165, 1.54) is 18.2 Å². The van der Waals surface area contributed by atoms with Crippen LogP contribution in [0.15, 0.2) is 77.9 Å². The van der Waals surface area contributed by atoms with E-state index in [1.54, 1.807) is 7.11 Å². The molecule has 11 heteroatoms. The third kappa shape index (κ3) is 6.65. The number of fused-ring (bicyclic) bond motifs is 3. The number of amides is 1. The van der Waals surface area contributed by atoms with Crippen molar-refractivity contribution in [3.8, 4) is 22.9 Å². The van der Waals surface area contributed by atoms with Crippen LogP contribution in [0.25, 0.3) is 5.69 Å². The summed E-state index contributed by atoms with van der Waals surface area (Å²) in [4.78, 5) is 17.5. The number of aromatic hydroxyl groups is 2. The number of methoxy groups -OCH3 is 1. The lowest BCUT2D eigenvalue weighted by Crippen LogP contribution is -2.25. The van der Waals surface area contributed by atoms with E-state index >= 15 is 0 Å². The van der Waals surface area contributed by atoms with Gasteiger partial charge < -0.3 is 25.6 Å². The Kier molecular flexibility index (Phi) is 8.96. The summed E-state index contributed by atoms with van der Waals surface area (Å²) in [6.07, 6.45) is 2.04. The van der Waals surface area contributed by atoms with E-state index in [1.807, 2.05) is 54.0 Å². The van der Waals surface area contributed by atoms with Gasteiger partial charge in [-0.25, -0.2) is 0 Å². The molecule has 0 radical (unpaired) electrons. The van der Waals surface area contributed by atoms with Crippen molar-refractivity contribution in [3.05, 3.63) is 106 Å². The molecule has 4 aromatic rings. The first-order chi connectivity index (χ1) is 20.7. The average Bonchev–Trinajstić information content (AvgIpc) is 3.33. The highest BCUT2D eigenvalue weighted by molar-refractivity contribution is 6.30. The molecule has 0 fully saturated rings. The molecule has 0 saturated heterocycles. The molecule has 1 amide bonds. The second kappa shape index (κ2) is 13.0. The fourth-order valence-electron chi connectivity index (χ4n) is 4.97. The summed E-state index contributed by atoms with van der Waals surface area (Å²) in [5, 5.41) is 34.8. The van der Waals surface area contributed by atoms with E-state index in [0.717, 1.165) is 58.5 Å². The Morgan fingerprint density at radius 1 is 1.00 bits per heavy atom. The molecule has 0 aliphatic carbocycles. The fraction of sp³-hybridized carbons (Fsp3) is 0.250. The van der Waals surface area contributed by atoms with Gasteiger partial charge in [0.05, 0.1) is 18.5 Å². The fourth-order valence-corrected chi connectivity index (χ4v) is 5.09. The van der Waals surface area contributed by atoms with Crippen LogP contribution in [0.2, 0.25) is 5.02 Å². The van der Waals surface area contributed by atoms with Gasteiger partial charge in [-0.05, 0) is 68.3 Å². The number of ether oxygens (including phenoxy) is 1. The summed E-state index contributed by atoms with van der Waals surface area (Å²) in [5.74, 6) is 1.29. The van der Waals surface area contributed by atoms with E-state index < -0.39 is 0 Å². The quantitative estimate of drug-likeness (QED) is 0.137. The number of hydrogen-bond acceptors (Lipinski definition) is 8. The van der Waals surface area contributed by atoms with Crippen molar-refractivity contribution in [2.24, 2.45) is 4.99 Å². The number of halogens is 1. The zero-order valence-electron chi connectivity index (χ0n) is 24.0. The zero-order valence-corrected chi connectivity index (χ0v) is 24.7. The summed E-state index contributed by atoms with van der Waals surface area (Å²) < 4.78 is 7.59. The van der Waals surface area contributed by atoms with E-state index in [-0.39, 0.29) is 29.0 Å². The summed E-state index contributed by atoms with van der Waals surface area (Å²) in [5.41, 5.74) is 4.62. The van der Waals surface area contributed by atoms with Gasteiger partial charge in [0.1, 0.15) is 17.6 Å². The van der Waals surface area contributed by atoms with Crippen LogP contribution in [0.3, 0.4) is 0 Å². The Bertz CT molecular complexity index is 1680. The Hall–Kier alpha value is -4.83. The van der Waals surface area contributed by atoms with Crippen LogP contribution in [0.1, 0.15) is 58.4 Å². The lowest BCUT2D eigenvalue weighted by Gasteiger charge is -2.16. The number of nitrogens with zero attached hydrogens (tertiary/aromatic N) is 4. The van der Waals surface area contributed by atoms with Crippen molar-refractivity contribution in [3.63, 3.8) is 0 Å². The summed E-state index contributed by atoms with van der Waals surface area (Å²) in [6.45, 7) is 7.31. The molecule has 10 nitrogen and oxygen atoms in total. The first kappa shape index (κ1) is 29.7. The van der Waals surface area contributed by atoms with Crippen LogP contribution >= 0.6 is 11.6 Å². The molecule has 1 aliphatic heterocycles. The molecular weight excluding hydrogens is 568 g/mol. The number of aromatic nitrogens is 3. The molecule has 0 unspecified atom stereocenters. The Labute approximate surface area is 254 Å². The van der Waals surface area contributed by atoms with Gasteiger partial charge >= 0.3 is 0 Å². The number of benzene rings is 3. The molecule has 5 rings (SSSR count). The smallest absolute Gasteiger partial charge is 0.251 e. The molecule has 222 valence electrons. The number of rotatable bonds is 11. The Morgan fingerprint density at radius 2 is 1.74 bits per heavy atom. The minimum atomic E-state index is -0.355. The lowest BCUT2D eigenvalue weighted by molar-refractivity contribution is 0.0952. The van der Waals surface area contributed by atoms with Crippen LogP contribution in [0.4, 0.5) is 0 Å². The maximum atomic E-state index is 12.3. The van der Waals surface area contributed by atoms with Crippen LogP contribution in [0, 0.1) is 6.92 Å². The molecule has 1 aliphatic rings. The predicted molar refractivity (Wildman–Crippen MR) is 166 cm³/mol. The second-order valence-corrected chi connectivity index (χ2v) is 10.7. The maximum Gasteiger partial charge on any atom is 0.251 e. The first-order valence-corrected chi connectivity index (χ1v) is 14.3. The minimum absolute atomic E-state index is 0.265. The Morgan fingerprint density at radius 3 is 2.47 bits per heavy atom. The van der Waals surface area contributed by atoms with Gasteiger partial charge in [0, 0.05) is 46.9 Å². The van der Waals surface area contributed by atoms with Crippen LogP contribution in [-0.2, 0) is 0 Å². The highest BCUT2D eigenvalue weighted by Crippen LogP contribution is 2.35. The van der Waals surface area contributed by atoms with Crippen molar-refractivity contribution in [1.29, 1.82) is 0 Å². The first-order valence-electron chi connectivity index (χ1n) is 13.9. The topological polar surface area (TPSA) is 134 Å². The highest BCUT2D eigenvalue weighted by Gasteiger charge is 2.29. The van der Waals surface area contributed by atoms with Crippen LogP contribution < -0.4 is 15.4 Å². The van der Waals surface area contributed by atoms with Crippen molar-refractivity contribution in [1.82, 2.24) is 25.4 Å². The van der Waals surface area contributed by atoms with Crippen LogP contribution in [0.5, 0.6) is 17.2 Å². The van der Waals surface area contributed by atoms with Gasteiger partial charge in [0.25, 0.3) is 5.91 Å². The number of carbonyl (C=O) groups excluding carboxylic acids is 1. The predicted octanol–water partition coefficient (Wildman–Crippen LogP) is 5.24. The number of aliphatic imine (C=N–C) groups is 1. The molecule has 4 N–H and O–H groups in total. The summed E-state index contributed by atoms with van der Waals surface area (Å²) in [7, 11) is 1.64. The molecule has 0 bridgehead atoms. The average molecular weight is 601 g/mol. The van der Waals surface area contributed by atoms with Gasteiger partial charge in [-0.2, -0.15) is 0 Å². The number of nitrogens with one attached hydrogen (secondary N) is 2. The lowest BCUT2D eigenvalue weighted by atomic mass is 10.00. The molecule has 1 atom stereocenters. The van der Waals surface area contributed by atoms with Crippen molar-refractivity contribution < 1.29 is 19.7 Å². The summed E-state index contributed by atoms with van der Waals surface area (Å²) in [6, 6.07) is 17.1. The Balaban J connectivity index is 1.26. The number of phenols is 2. The van der Waals surface area contributed by atoms with Gasteiger partial charge in [-0.3, -0.25) is 14.4 Å². The molecule has 2 heterocycles. The van der Waals surface area contributed by atoms with E-state index in [9.17, 15) is 15.0 Å². The van der Waals surface area contributed by atoms with Gasteiger partial charge in [-0.15, -0.1) is 10.2 Å². The number of phenolic OH excluding ortho intramolecular Hbond substituents is 2. The van der Waals surface area contributed by atoms with Crippen molar-refractivity contribution in [2.45, 2.75) is 32.2 Å². The monoisotopic (exact) mass is 600 g/mol. The largest absolute Gasteiger partial charge is 0.504 e. The zero-order chi connectivity index (χ0) is 30.5. The molecule has 1 aromatic heterocycles. The molecule has 3 aromatic carbocycles.